The SMILES string of the molecule is CCCc1nc(COc2ccc([C@@H](O)CC)cc2)no1. The fraction of sp³-hybridized carbons (Fsp3) is 0.467. The number of hydrogen-bond acceptors (Lipinski definition) is 5. The summed E-state index contributed by atoms with van der Waals surface area (Å²) in [6.07, 6.45) is 2.04. The van der Waals surface area contributed by atoms with Gasteiger partial charge in [-0.15, -0.1) is 0 Å². The number of ether oxygens (including phenoxy) is 1. The minimum Gasteiger partial charge on any atom is -0.485 e. The highest BCUT2D eigenvalue weighted by Crippen LogP contribution is 2.20. The van der Waals surface area contributed by atoms with E-state index in [9.17, 15) is 5.11 Å². The Labute approximate surface area is 118 Å². The van der Waals surface area contributed by atoms with Crippen molar-refractivity contribution in [2.24, 2.45) is 0 Å². The topological polar surface area (TPSA) is 68.4 Å². The normalized spacial score (nSPS) is 12.3. The number of aliphatic hydroxyl groups is 1. The van der Waals surface area contributed by atoms with E-state index < -0.39 is 6.10 Å². The minimum atomic E-state index is -0.419. The zero-order valence-corrected chi connectivity index (χ0v) is 11.9. The van der Waals surface area contributed by atoms with Crippen molar-refractivity contribution in [3.63, 3.8) is 0 Å². The summed E-state index contributed by atoms with van der Waals surface area (Å²) in [7, 11) is 0. The van der Waals surface area contributed by atoms with Gasteiger partial charge in [0.2, 0.25) is 11.7 Å². The van der Waals surface area contributed by atoms with E-state index in [2.05, 4.69) is 17.1 Å². The number of benzene rings is 1. The lowest BCUT2D eigenvalue weighted by atomic mass is 10.1. The van der Waals surface area contributed by atoms with E-state index in [0.717, 1.165) is 24.2 Å². The Morgan fingerprint density at radius 3 is 2.65 bits per heavy atom. The molecule has 0 aliphatic carbocycles. The van der Waals surface area contributed by atoms with Crippen LogP contribution in [0.25, 0.3) is 0 Å². The summed E-state index contributed by atoms with van der Waals surface area (Å²) >= 11 is 0. The van der Waals surface area contributed by atoms with Gasteiger partial charge in [0.1, 0.15) is 5.75 Å². The standard InChI is InChI=1S/C15H20N2O3/c1-3-5-15-16-14(17-20-15)10-19-12-8-6-11(7-9-12)13(18)4-2/h6-9,13,18H,3-5,10H2,1-2H3/t13-/m0/s1. The molecule has 0 saturated heterocycles. The lowest BCUT2D eigenvalue weighted by Gasteiger charge is -2.09. The monoisotopic (exact) mass is 276 g/mol. The van der Waals surface area contributed by atoms with Crippen LogP contribution in [0.3, 0.4) is 0 Å². The first-order chi connectivity index (χ1) is 9.72. The molecule has 5 heteroatoms. The average Bonchev–Trinajstić information content (AvgIpc) is 2.93. The van der Waals surface area contributed by atoms with E-state index >= 15 is 0 Å². The van der Waals surface area contributed by atoms with Gasteiger partial charge < -0.3 is 14.4 Å². The average molecular weight is 276 g/mol. The van der Waals surface area contributed by atoms with Crippen molar-refractivity contribution in [1.29, 1.82) is 0 Å². The molecular formula is C15H20N2O3. The summed E-state index contributed by atoms with van der Waals surface area (Å²) in [5.41, 5.74) is 0.893. The largest absolute Gasteiger partial charge is 0.485 e. The summed E-state index contributed by atoms with van der Waals surface area (Å²) < 4.78 is 10.7. The van der Waals surface area contributed by atoms with Crippen molar-refractivity contribution in [3.05, 3.63) is 41.5 Å². The van der Waals surface area contributed by atoms with Crippen LogP contribution in [0.15, 0.2) is 28.8 Å². The van der Waals surface area contributed by atoms with Gasteiger partial charge in [-0.1, -0.05) is 31.1 Å². The summed E-state index contributed by atoms with van der Waals surface area (Å²) in [6.45, 7) is 4.29. The lowest BCUT2D eigenvalue weighted by Crippen LogP contribution is -1.99. The van der Waals surface area contributed by atoms with E-state index in [1.165, 1.54) is 0 Å². The molecule has 0 radical (unpaired) electrons. The zero-order valence-electron chi connectivity index (χ0n) is 11.9. The smallest absolute Gasteiger partial charge is 0.226 e. The molecule has 1 heterocycles. The number of aromatic nitrogens is 2. The maximum Gasteiger partial charge on any atom is 0.226 e. The Bertz CT molecular complexity index is 522. The van der Waals surface area contributed by atoms with Crippen LogP contribution >= 0.6 is 0 Å². The van der Waals surface area contributed by atoms with Crippen LogP contribution in [0.2, 0.25) is 0 Å². The van der Waals surface area contributed by atoms with Gasteiger partial charge in [-0.3, -0.25) is 0 Å². The van der Waals surface area contributed by atoms with Gasteiger partial charge in [-0.25, -0.2) is 0 Å². The first-order valence-corrected chi connectivity index (χ1v) is 6.95. The Hall–Kier alpha value is -1.88. The Morgan fingerprint density at radius 2 is 2.00 bits per heavy atom. The maximum atomic E-state index is 9.71. The maximum absolute atomic E-state index is 9.71. The second kappa shape index (κ2) is 7.05. The third kappa shape index (κ3) is 3.81. The van der Waals surface area contributed by atoms with E-state index in [-0.39, 0.29) is 6.61 Å². The van der Waals surface area contributed by atoms with Crippen LogP contribution in [0.5, 0.6) is 5.75 Å². The van der Waals surface area contributed by atoms with Crippen molar-refractivity contribution in [2.45, 2.75) is 45.8 Å². The molecule has 1 atom stereocenters. The van der Waals surface area contributed by atoms with E-state index in [0.29, 0.717) is 18.1 Å². The molecule has 0 saturated carbocycles. The molecule has 1 aromatic heterocycles. The molecule has 0 spiro atoms. The predicted octanol–water partition coefficient (Wildman–Crippen LogP) is 3.04. The molecule has 0 aliphatic heterocycles. The quantitative estimate of drug-likeness (QED) is 0.841. The molecule has 0 bridgehead atoms. The van der Waals surface area contributed by atoms with E-state index in [1.54, 1.807) is 0 Å². The highest BCUT2D eigenvalue weighted by molar-refractivity contribution is 5.28. The van der Waals surface area contributed by atoms with Crippen molar-refractivity contribution < 1.29 is 14.4 Å². The van der Waals surface area contributed by atoms with Crippen LogP contribution in [0, 0.1) is 0 Å². The lowest BCUT2D eigenvalue weighted by molar-refractivity contribution is 0.173. The number of hydrogen-bond donors (Lipinski definition) is 1. The second-order valence-electron chi connectivity index (χ2n) is 4.64. The molecule has 1 N–H and O–H groups in total. The molecule has 0 unspecified atom stereocenters. The van der Waals surface area contributed by atoms with Crippen LogP contribution in [0.4, 0.5) is 0 Å². The molecule has 0 aliphatic rings. The summed E-state index contributed by atoms with van der Waals surface area (Å²) in [5.74, 6) is 1.91. The summed E-state index contributed by atoms with van der Waals surface area (Å²) in [5, 5.41) is 13.6. The van der Waals surface area contributed by atoms with Crippen molar-refractivity contribution in [3.8, 4) is 5.75 Å². The Morgan fingerprint density at radius 1 is 1.25 bits per heavy atom. The Balaban J connectivity index is 1.89. The predicted molar refractivity (Wildman–Crippen MR) is 74.3 cm³/mol. The highest BCUT2D eigenvalue weighted by atomic mass is 16.5. The van der Waals surface area contributed by atoms with Gasteiger partial charge in [-0.2, -0.15) is 4.98 Å². The van der Waals surface area contributed by atoms with Crippen molar-refractivity contribution in [2.75, 3.05) is 0 Å². The number of rotatable bonds is 7. The first-order valence-electron chi connectivity index (χ1n) is 6.95. The second-order valence-corrected chi connectivity index (χ2v) is 4.64. The molecule has 1 aromatic carbocycles. The molecule has 0 amide bonds. The van der Waals surface area contributed by atoms with Crippen LogP contribution in [-0.2, 0) is 13.0 Å². The molecule has 2 rings (SSSR count). The molecule has 0 fully saturated rings. The van der Waals surface area contributed by atoms with Crippen LogP contribution < -0.4 is 4.74 Å². The van der Waals surface area contributed by atoms with Crippen molar-refractivity contribution in [1.82, 2.24) is 10.1 Å². The fourth-order valence-electron chi connectivity index (χ4n) is 1.83. The van der Waals surface area contributed by atoms with E-state index in [4.69, 9.17) is 9.26 Å². The van der Waals surface area contributed by atoms with Gasteiger partial charge in [0.25, 0.3) is 0 Å². The summed E-state index contributed by atoms with van der Waals surface area (Å²) in [4.78, 5) is 4.23. The van der Waals surface area contributed by atoms with E-state index in [1.807, 2.05) is 31.2 Å². The van der Waals surface area contributed by atoms with Gasteiger partial charge in [0, 0.05) is 6.42 Å². The van der Waals surface area contributed by atoms with Gasteiger partial charge >= 0.3 is 0 Å². The van der Waals surface area contributed by atoms with Gasteiger partial charge in [0.05, 0.1) is 6.10 Å². The number of aryl methyl sites for hydroxylation is 1. The first kappa shape index (κ1) is 14.5. The molecular weight excluding hydrogens is 256 g/mol. The zero-order chi connectivity index (χ0) is 14.4. The van der Waals surface area contributed by atoms with Gasteiger partial charge in [-0.05, 0) is 30.5 Å². The third-order valence-corrected chi connectivity index (χ3v) is 2.99. The molecule has 108 valence electrons. The third-order valence-electron chi connectivity index (χ3n) is 2.99. The minimum absolute atomic E-state index is 0.281. The fourth-order valence-corrected chi connectivity index (χ4v) is 1.83. The number of aliphatic hydroxyl groups excluding tert-OH is 1. The van der Waals surface area contributed by atoms with Crippen molar-refractivity contribution >= 4 is 0 Å². The molecule has 20 heavy (non-hydrogen) atoms. The Kier molecular flexibility index (Phi) is 5.12. The molecule has 2 aromatic rings. The van der Waals surface area contributed by atoms with Crippen LogP contribution in [-0.4, -0.2) is 15.2 Å². The van der Waals surface area contributed by atoms with Crippen LogP contribution in [0.1, 0.15) is 50.1 Å². The molecule has 5 nitrogen and oxygen atoms in total. The highest BCUT2D eigenvalue weighted by Gasteiger charge is 2.07. The summed E-state index contributed by atoms with van der Waals surface area (Å²) in [6, 6.07) is 7.40. The van der Waals surface area contributed by atoms with Gasteiger partial charge in [0.15, 0.2) is 6.61 Å². The number of nitrogens with zero attached hydrogens (tertiary/aromatic N) is 2.